The molecular weight excluding hydrogens is 378 g/mol. The van der Waals surface area contributed by atoms with Gasteiger partial charge in [0, 0.05) is 13.1 Å². The lowest BCUT2D eigenvalue weighted by molar-refractivity contribution is -0.139. The lowest BCUT2D eigenvalue weighted by Crippen LogP contribution is -2.50. The Balaban J connectivity index is 2.14. The molecule has 0 bridgehead atoms. The highest BCUT2D eigenvalue weighted by Crippen LogP contribution is 2.25. The van der Waals surface area contributed by atoms with Crippen molar-refractivity contribution in [3.8, 4) is 0 Å². The van der Waals surface area contributed by atoms with E-state index < -0.39 is 23.8 Å². The average molecular weight is 414 g/mol. The first-order valence-electron chi connectivity index (χ1n) is 10.9. The number of nitrogens with zero attached hydrogens (tertiary/aromatic N) is 1. The second kappa shape index (κ2) is 11.5. The second-order valence-electron chi connectivity index (χ2n) is 8.57. The van der Waals surface area contributed by atoms with Crippen molar-refractivity contribution in [1.29, 1.82) is 0 Å². The highest BCUT2D eigenvalue weighted by atomic mass is 16.2. The summed E-state index contributed by atoms with van der Waals surface area (Å²) in [6.45, 7) is 8.91. The van der Waals surface area contributed by atoms with Crippen molar-refractivity contribution in [2.24, 2.45) is 23.5 Å². The third-order valence-electron chi connectivity index (χ3n) is 5.65. The van der Waals surface area contributed by atoms with E-state index >= 15 is 0 Å². The number of carbonyl (C=O) groups excluding carboxylic acids is 3. The Morgan fingerprint density at radius 2 is 1.93 bits per heavy atom. The molecule has 0 saturated carbocycles. The predicted molar refractivity (Wildman–Crippen MR) is 118 cm³/mol. The van der Waals surface area contributed by atoms with Gasteiger partial charge >= 0.3 is 0 Å². The second-order valence-corrected chi connectivity index (χ2v) is 8.57. The standard InChI is InChI=1S/C24H35N3O3/c1-4-10-19(22(25)28)20(15-17(2)3)23(29)26-21-13-8-9-14-27(24(21)30)16-18-11-6-5-7-12-18/h4-7,11-12,17,19-21H,1,8-10,13-16H2,2-3H3,(H2,25,28)(H,26,29)/t19-,20+,21-/m0/s1. The molecule has 1 aromatic carbocycles. The summed E-state index contributed by atoms with van der Waals surface area (Å²) in [6, 6.07) is 9.28. The van der Waals surface area contributed by atoms with E-state index in [9.17, 15) is 14.4 Å². The summed E-state index contributed by atoms with van der Waals surface area (Å²) in [7, 11) is 0. The van der Waals surface area contributed by atoms with Gasteiger partial charge in [-0.25, -0.2) is 0 Å². The zero-order valence-corrected chi connectivity index (χ0v) is 18.2. The van der Waals surface area contributed by atoms with Gasteiger partial charge in [0.1, 0.15) is 6.04 Å². The Morgan fingerprint density at radius 3 is 2.53 bits per heavy atom. The first-order chi connectivity index (χ1) is 14.3. The topological polar surface area (TPSA) is 92.5 Å². The van der Waals surface area contributed by atoms with Crippen LogP contribution in [0.3, 0.4) is 0 Å². The summed E-state index contributed by atoms with van der Waals surface area (Å²) < 4.78 is 0. The number of primary amides is 1. The normalized spacial score (nSPS) is 19.1. The molecule has 6 heteroatoms. The molecule has 1 aliphatic rings. The molecule has 0 aliphatic carbocycles. The van der Waals surface area contributed by atoms with E-state index in [1.165, 1.54) is 0 Å². The molecule has 2 rings (SSSR count). The van der Waals surface area contributed by atoms with Crippen molar-refractivity contribution in [3.05, 3.63) is 48.6 Å². The molecule has 3 amide bonds. The van der Waals surface area contributed by atoms with E-state index in [1.807, 2.05) is 49.1 Å². The molecule has 0 aromatic heterocycles. The Bertz CT molecular complexity index is 732. The SMILES string of the molecule is C=CC[C@H](C(N)=O)[C@@H](CC(C)C)C(=O)N[C@H]1CCCCN(Cc2ccccc2)C1=O. The molecule has 0 unspecified atom stereocenters. The molecule has 1 saturated heterocycles. The van der Waals surface area contributed by atoms with Gasteiger partial charge in [0.25, 0.3) is 0 Å². The van der Waals surface area contributed by atoms with Crippen LogP contribution in [0.5, 0.6) is 0 Å². The largest absolute Gasteiger partial charge is 0.369 e. The number of nitrogens with two attached hydrogens (primary N) is 1. The van der Waals surface area contributed by atoms with Crippen molar-refractivity contribution >= 4 is 17.7 Å². The lowest BCUT2D eigenvalue weighted by Gasteiger charge is -2.29. The molecule has 0 radical (unpaired) electrons. The van der Waals surface area contributed by atoms with Crippen LogP contribution in [0.4, 0.5) is 0 Å². The maximum Gasteiger partial charge on any atom is 0.245 e. The van der Waals surface area contributed by atoms with Gasteiger partial charge in [-0.2, -0.15) is 0 Å². The molecule has 1 fully saturated rings. The third-order valence-corrected chi connectivity index (χ3v) is 5.65. The fourth-order valence-electron chi connectivity index (χ4n) is 4.10. The molecule has 3 N–H and O–H groups in total. The van der Waals surface area contributed by atoms with E-state index in [0.29, 0.717) is 32.4 Å². The molecule has 3 atom stereocenters. The number of amides is 3. The lowest BCUT2D eigenvalue weighted by atomic mass is 9.82. The Labute approximate surface area is 179 Å². The van der Waals surface area contributed by atoms with Gasteiger partial charge < -0.3 is 16.0 Å². The van der Waals surface area contributed by atoms with Crippen molar-refractivity contribution in [3.63, 3.8) is 0 Å². The van der Waals surface area contributed by atoms with Gasteiger partial charge in [-0.05, 0) is 43.6 Å². The minimum atomic E-state index is -0.619. The van der Waals surface area contributed by atoms with Crippen molar-refractivity contribution in [2.75, 3.05) is 6.54 Å². The Kier molecular flexibility index (Phi) is 9.09. The van der Waals surface area contributed by atoms with E-state index in [-0.39, 0.29) is 17.7 Å². The molecule has 1 heterocycles. The van der Waals surface area contributed by atoms with Crippen LogP contribution >= 0.6 is 0 Å². The van der Waals surface area contributed by atoms with Gasteiger partial charge in [0.2, 0.25) is 17.7 Å². The van der Waals surface area contributed by atoms with Crippen molar-refractivity contribution in [2.45, 2.75) is 58.5 Å². The molecule has 1 aromatic rings. The Morgan fingerprint density at radius 1 is 1.23 bits per heavy atom. The Hall–Kier alpha value is -2.63. The molecule has 6 nitrogen and oxygen atoms in total. The quantitative estimate of drug-likeness (QED) is 0.578. The average Bonchev–Trinajstić information content (AvgIpc) is 2.87. The third kappa shape index (κ3) is 6.71. The number of allylic oxidation sites excluding steroid dienone is 1. The summed E-state index contributed by atoms with van der Waals surface area (Å²) in [4.78, 5) is 40.2. The number of benzene rings is 1. The van der Waals surface area contributed by atoms with Crippen LogP contribution in [-0.4, -0.2) is 35.2 Å². The predicted octanol–water partition coefficient (Wildman–Crippen LogP) is 3.02. The fourth-order valence-corrected chi connectivity index (χ4v) is 4.10. The minimum absolute atomic E-state index is 0.0626. The number of hydrogen-bond acceptors (Lipinski definition) is 3. The summed E-state index contributed by atoms with van der Waals surface area (Å²) in [5.74, 6) is -1.81. The summed E-state index contributed by atoms with van der Waals surface area (Å²) in [6.07, 6.45) is 4.87. The van der Waals surface area contributed by atoms with E-state index in [1.54, 1.807) is 6.08 Å². The van der Waals surface area contributed by atoms with Gasteiger partial charge in [0.05, 0.1) is 11.8 Å². The molecule has 1 aliphatic heterocycles. The van der Waals surface area contributed by atoms with Crippen LogP contribution in [0.15, 0.2) is 43.0 Å². The first kappa shape index (κ1) is 23.6. The smallest absolute Gasteiger partial charge is 0.245 e. The molecule has 0 spiro atoms. The highest BCUT2D eigenvalue weighted by Gasteiger charge is 2.35. The van der Waals surface area contributed by atoms with Gasteiger partial charge in [-0.15, -0.1) is 6.58 Å². The number of likely N-dealkylation sites (tertiary alicyclic amines) is 1. The van der Waals surface area contributed by atoms with Crippen LogP contribution in [0.25, 0.3) is 0 Å². The van der Waals surface area contributed by atoms with Crippen LogP contribution in [0, 0.1) is 17.8 Å². The monoisotopic (exact) mass is 413 g/mol. The van der Waals surface area contributed by atoms with Gasteiger partial charge in [-0.3, -0.25) is 14.4 Å². The summed E-state index contributed by atoms with van der Waals surface area (Å²) >= 11 is 0. The number of rotatable bonds is 10. The van der Waals surface area contributed by atoms with E-state index in [0.717, 1.165) is 18.4 Å². The maximum absolute atomic E-state index is 13.2. The summed E-state index contributed by atoms with van der Waals surface area (Å²) in [5.41, 5.74) is 6.65. The number of carbonyl (C=O) groups is 3. The number of nitrogens with one attached hydrogen (secondary N) is 1. The molecular formula is C24H35N3O3. The van der Waals surface area contributed by atoms with Crippen molar-refractivity contribution < 1.29 is 14.4 Å². The van der Waals surface area contributed by atoms with Gasteiger partial charge in [-0.1, -0.05) is 50.3 Å². The molecule has 164 valence electrons. The first-order valence-corrected chi connectivity index (χ1v) is 10.9. The summed E-state index contributed by atoms with van der Waals surface area (Å²) in [5, 5.41) is 2.95. The van der Waals surface area contributed by atoms with Crippen LogP contribution in [0.1, 0.15) is 51.5 Å². The van der Waals surface area contributed by atoms with Gasteiger partial charge in [0.15, 0.2) is 0 Å². The molecule has 30 heavy (non-hydrogen) atoms. The van der Waals surface area contributed by atoms with Crippen LogP contribution in [0.2, 0.25) is 0 Å². The number of hydrogen-bond donors (Lipinski definition) is 2. The van der Waals surface area contributed by atoms with Crippen molar-refractivity contribution in [1.82, 2.24) is 10.2 Å². The van der Waals surface area contributed by atoms with E-state index in [4.69, 9.17) is 5.73 Å². The maximum atomic E-state index is 13.2. The van der Waals surface area contributed by atoms with Crippen LogP contribution in [-0.2, 0) is 20.9 Å². The van der Waals surface area contributed by atoms with Crippen LogP contribution < -0.4 is 11.1 Å². The fraction of sp³-hybridized carbons (Fsp3) is 0.542. The zero-order valence-electron chi connectivity index (χ0n) is 18.2. The minimum Gasteiger partial charge on any atom is -0.369 e. The highest BCUT2D eigenvalue weighted by molar-refractivity contribution is 5.91. The zero-order chi connectivity index (χ0) is 22.1. The van der Waals surface area contributed by atoms with E-state index in [2.05, 4.69) is 11.9 Å².